The molecule has 1 amide bonds. The van der Waals surface area contributed by atoms with Crippen LogP contribution in [0, 0.1) is 18.3 Å². The lowest BCUT2D eigenvalue weighted by molar-refractivity contribution is -0.115. The highest BCUT2D eigenvalue weighted by Gasteiger charge is 2.21. The molecule has 0 unspecified atom stereocenters. The van der Waals surface area contributed by atoms with Gasteiger partial charge in [-0.15, -0.1) is 21.5 Å². The quantitative estimate of drug-likeness (QED) is 0.626. The van der Waals surface area contributed by atoms with Gasteiger partial charge in [0.15, 0.2) is 11.0 Å². The topological polar surface area (TPSA) is 83.6 Å². The van der Waals surface area contributed by atoms with E-state index in [9.17, 15) is 4.79 Å². The number of nitriles is 1. The molecule has 0 aliphatic carbocycles. The van der Waals surface area contributed by atoms with E-state index in [4.69, 9.17) is 5.26 Å². The summed E-state index contributed by atoms with van der Waals surface area (Å²) < 4.78 is 2.02. The predicted octanol–water partition coefficient (Wildman–Crippen LogP) is 4.33. The summed E-state index contributed by atoms with van der Waals surface area (Å²) in [6.45, 7) is 6.60. The Labute approximate surface area is 166 Å². The monoisotopic (exact) mass is 397 g/mol. The number of aryl methyl sites for hydroxylation is 1. The first kappa shape index (κ1) is 19.1. The van der Waals surface area contributed by atoms with Crippen LogP contribution in [-0.4, -0.2) is 25.9 Å². The zero-order valence-corrected chi connectivity index (χ0v) is 16.9. The molecule has 0 fully saturated rings. The zero-order valence-electron chi connectivity index (χ0n) is 15.3. The molecule has 3 rings (SSSR count). The van der Waals surface area contributed by atoms with Crippen molar-refractivity contribution in [3.8, 4) is 17.5 Å². The molecule has 0 radical (unpaired) electrons. The van der Waals surface area contributed by atoms with Crippen LogP contribution in [0.4, 0.5) is 5.00 Å². The van der Waals surface area contributed by atoms with Gasteiger partial charge in [-0.05, 0) is 37.8 Å². The highest BCUT2D eigenvalue weighted by atomic mass is 32.2. The third-order valence-corrected chi connectivity index (χ3v) is 6.00. The molecule has 3 aromatic rings. The number of amides is 1. The molecule has 1 atom stereocenters. The van der Waals surface area contributed by atoms with Crippen LogP contribution in [0.1, 0.15) is 25.0 Å². The Morgan fingerprint density at radius 2 is 2.15 bits per heavy atom. The summed E-state index contributed by atoms with van der Waals surface area (Å²) in [7, 11) is 0. The molecule has 2 heterocycles. The molecule has 0 bridgehead atoms. The van der Waals surface area contributed by atoms with Crippen molar-refractivity contribution in [3.05, 3.63) is 46.8 Å². The lowest BCUT2D eigenvalue weighted by Crippen LogP contribution is -2.22. The summed E-state index contributed by atoms with van der Waals surface area (Å²) in [5.74, 6) is 0.637. The van der Waals surface area contributed by atoms with Crippen LogP contribution >= 0.6 is 23.1 Å². The zero-order chi connectivity index (χ0) is 19.4. The Hall–Kier alpha value is -2.63. The molecule has 0 spiro atoms. The van der Waals surface area contributed by atoms with Gasteiger partial charge in [0, 0.05) is 12.1 Å². The van der Waals surface area contributed by atoms with Crippen molar-refractivity contribution in [2.24, 2.45) is 0 Å². The van der Waals surface area contributed by atoms with E-state index in [1.165, 1.54) is 23.1 Å². The summed E-state index contributed by atoms with van der Waals surface area (Å²) in [6.07, 6.45) is 0. The van der Waals surface area contributed by atoms with Gasteiger partial charge >= 0.3 is 0 Å². The number of nitrogens with one attached hydrogen (secondary N) is 1. The Bertz CT molecular complexity index is 1000. The van der Waals surface area contributed by atoms with E-state index in [0.717, 1.165) is 17.0 Å². The van der Waals surface area contributed by atoms with Gasteiger partial charge in [-0.2, -0.15) is 5.26 Å². The lowest BCUT2D eigenvalue weighted by atomic mass is 10.1. The van der Waals surface area contributed by atoms with Crippen LogP contribution in [0.5, 0.6) is 0 Å². The average molecular weight is 398 g/mol. The molecular formula is C19H19N5OS2. The number of carbonyl (C=O) groups is 1. The minimum atomic E-state index is -0.377. The van der Waals surface area contributed by atoms with Gasteiger partial charge in [-0.25, -0.2) is 0 Å². The van der Waals surface area contributed by atoms with E-state index in [2.05, 4.69) is 21.6 Å². The third kappa shape index (κ3) is 4.04. The maximum atomic E-state index is 12.5. The van der Waals surface area contributed by atoms with Crippen molar-refractivity contribution in [3.63, 3.8) is 0 Å². The van der Waals surface area contributed by atoms with Crippen molar-refractivity contribution < 1.29 is 4.79 Å². The molecule has 1 aromatic carbocycles. The maximum Gasteiger partial charge on any atom is 0.238 e. The molecular weight excluding hydrogens is 378 g/mol. The van der Waals surface area contributed by atoms with Crippen LogP contribution in [0.2, 0.25) is 0 Å². The molecule has 0 saturated heterocycles. The minimum Gasteiger partial charge on any atom is -0.316 e. The van der Waals surface area contributed by atoms with Crippen LogP contribution in [-0.2, 0) is 11.3 Å². The highest BCUT2D eigenvalue weighted by Crippen LogP contribution is 2.29. The second kappa shape index (κ2) is 8.37. The standard InChI is InChI=1S/C19H19N5OS2/c1-4-24-16(15-8-6-5-7-12(15)2)22-23-19(24)27-13(3)17(25)21-18-14(11-20)9-10-26-18/h5-10,13H,4H2,1-3H3,(H,21,25)/t13-/m1/s1. The average Bonchev–Trinajstić information content (AvgIpc) is 3.28. The second-order valence-electron chi connectivity index (χ2n) is 5.89. The molecule has 27 heavy (non-hydrogen) atoms. The van der Waals surface area contributed by atoms with Crippen molar-refractivity contribution in [2.45, 2.75) is 37.7 Å². The van der Waals surface area contributed by atoms with Gasteiger partial charge in [-0.3, -0.25) is 4.79 Å². The molecule has 2 aromatic heterocycles. The van der Waals surface area contributed by atoms with Gasteiger partial charge in [-0.1, -0.05) is 36.0 Å². The van der Waals surface area contributed by atoms with Gasteiger partial charge in [0.05, 0.1) is 10.8 Å². The van der Waals surface area contributed by atoms with Gasteiger partial charge in [0.25, 0.3) is 0 Å². The van der Waals surface area contributed by atoms with E-state index < -0.39 is 0 Å². The number of thiophene rings is 1. The largest absolute Gasteiger partial charge is 0.316 e. The van der Waals surface area contributed by atoms with Gasteiger partial charge < -0.3 is 9.88 Å². The molecule has 138 valence electrons. The van der Waals surface area contributed by atoms with Crippen molar-refractivity contribution in [2.75, 3.05) is 5.32 Å². The number of benzene rings is 1. The van der Waals surface area contributed by atoms with E-state index in [-0.39, 0.29) is 11.2 Å². The molecule has 0 aliphatic heterocycles. The number of carbonyl (C=O) groups excluding carboxylic acids is 1. The molecule has 0 saturated carbocycles. The highest BCUT2D eigenvalue weighted by molar-refractivity contribution is 8.00. The fourth-order valence-corrected chi connectivity index (χ4v) is 4.26. The summed E-state index contributed by atoms with van der Waals surface area (Å²) in [6, 6.07) is 11.8. The number of anilines is 1. The van der Waals surface area contributed by atoms with E-state index in [1.54, 1.807) is 11.4 Å². The number of nitrogens with zero attached hydrogens (tertiary/aromatic N) is 4. The third-order valence-electron chi connectivity index (χ3n) is 4.09. The van der Waals surface area contributed by atoms with Crippen molar-refractivity contribution in [1.29, 1.82) is 5.26 Å². The number of hydrogen-bond donors (Lipinski definition) is 1. The molecule has 0 aliphatic rings. The summed E-state index contributed by atoms with van der Waals surface area (Å²) in [4.78, 5) is 12.5. The van der Waals surface area contributed by atoms with Crippen LogP contribution in [0.15, 0.2) is 40.9 Å². The van der Waals surface area contributed by atoms with Crippen molar-refractivity contribution >= 4 is 34.0 Å². The Balaban J connectivity index is 1.78. The first-order valence-corrected chi connectivity index (χ1v) is 10.2. The maximum absolute atomic E-state index is 12.5. The predicted molar refractivity (Wildman–Crippen MR) is 109 cm³/mol. The summed E-state index contributed by atoms with van der Waals surface area (Å²) >= 11 is 2.70. The normalized spacial score (nSPS) is 11.8. The number of thioether (sulfide) groups is 1. The Kier molecular flexibility index (Phi) is 5.94. The van der Waals surface area contributed by atoms with E-state index in [1.807, 2.05) is 49.6 Å². The smallest absolute Gasteiger partial charge is 0.238 e. The lowest BCUT2D eigenvalue weighted by Gasteiger charge is -2.12. The second-order valence-corrected chi connectivity index (χ2v) is 8.11. The fraction of sp³-hybridized carbons (Fsp3) is 0.263. The number of hydrogen-bond acceptors (Lipinski definition) is 6. The number of rotatable bonds is 6. The first-order chi connectivity index (χ1) is 13.0. The first-order valence-electron chi connectivity index (χ1n) is 8.49. The SMILES string of the molecule is CCn1c(S[C@H](C)C(=O)Nc2sccc2C#N)nnc1-c1ccccc1C. The van der Waals surface area contributed by atoms with Crippen LogP contribution in [0.3, 0.4) is 0 Å². The van der Waals surface area contributed by atoms with Crippen molar-refractivity contribution in [1.82, 2.24) is 14.8 Å². The summed E-state index contributed by atoms with van der Waals surface area (Å²) in [5.41, 5.74) is 2.64. The molecule has 6 nitrogen and oxygen atoms in total. The van der Waals surface area contributed by atoms with E-state index in [0.29, 0.717) is 22.3 Å². The summed E-state index contributed by atoms with van der Waals surface area (Å²) in [5, 5.41) is 23.2. The molecule has 1 N–H and O–H groups in total. The van der Waals surface area contributed by atoms with Gasteiger partial charge in [0.2, 0.25) is 5.91 Å². The van der Waals surface area contributed by atoms with Crippen LogP contribution in [0.25, 0.3) is 11.4 Å². The Morgan fingerprint density at radius 1 is 1.37 bits per heavy atom. The van der Waals surface area contributed by atoms with Gasteiger partial charge in [0.1, 0.15) is 11.1 Å². The number of aromatic nitrogens is 3. The Morgan fingerprint density at radius 3 is 2.85 bits per heavy atom. The van der Waals surface area contributed by atoms with E-state index >= 15 is 0 Å². The van der Waals surface area contributed by atoms with Crippen LogP contribution < -0.4 is 5.32 Å². The molecule has 8 heteroatoms. The fourth-order valence-electron chi connectivity index (χ4n) is 2.60. The minimum absolute atomic E-state index is 0.165.